The summed E-state index contributed by atoms with van der Waals surface area (Å²) in [4.78, 5) is 49.9. The summed E-state index contributed by atoms with van der Waals surface area (Å²) in [5.74, 6) is -2.26. The van der Waals surface area contributed by atoms with Crippen molar-refractivity contribution in [1.82, 2.24) is 14.5 Å². The SMILES string of the molecule is COc1cccc(CCn2c(O)c(C(=O)NCC(=O)O)c(=O)n(Cc3ccccc3OC)c2=O)c1. The third kappa shape index (κ3) is 5.69. The molecule has 1 amide bonds. The molecule has 0 spiro atoms. The Morgan fingerprint density at radius 1 is 1.00 bits per heavy atom. The number of hydrogen-bond donors (Lipinski definition) is 3. The Kier molecular flexibility index (Phi) is 7.92. The molecule has 2 aromatic carbocycles. The van der Waals surface area contributed by atoms with Crippen LogP contribution in [0.5, 0.6) is 17.4 Å². The van der Waals surface area contributed by atoms with Gasteiger partial charge < -0.3 is 25.0 Å². The minimum absolute atomic E-state index is 0.0662. The molecular formula is C24H25N3O8. The predicted octanol–water partition coefficient (Wildman–Crippen LogP) is 0.838. The topological polar surface area (TPSA) is 149 Å². The standard InChI is InChI=1S/C24H25N3O8/c1-34-17-8-5-6-15(12-17)10-11-26-22(31)20(21(30)25-13-19(28)29)23(32)27(24(26)33)14-16-7-3-4-9-18(16)35-2/h3-9,12,31H,10-11,13-14H2,1-2H3,(H,25,30)(H,28,29). The molecule has 0 saturated heterocycles. The fraction of sp³-hybridized carbons (Fsp3) is 0.250. The summed E-state index contributed by atoms with van der Waals surface area (Å²) in [7, 11) is 2.96. The number of methoxy groups -OCH3 is 2. The minimum Gasteiger partial charge on any atom is -0.497 e. The molecule has 0 aliphatic rings. The number of aromatic nitrogens is 2. The van der Waals surface area contributed by atoms with Crippen LogP contribution in [0.1, 0.15) is 21.5 Å². The normalized spacial score (nSPS) is 10.6. The molecule has 184 valence electrons. The zero-order valence-electron chi connectivity index (χ0n) is 19.2. The molecule has 3 rings (SSSR count). The smallest absolute Gasteiger partial charge is 0.334 e. The third-order valence-electron chi connectivity index (χ3n) is 5.31. The van der Waals surface area contributed by atoms with E-state index >= 15 is 0 Å². The number of aromatic hydroxyl groups is 1. The molecule has 0 unspecified atom stereocenters. The first-order valence-corrected chi connectivity index (χ1v) is 10.6. The monoisotopic (exact) mass is 483 g/mol. The number of aryl methyl sites for hydroxylation is 1. The Labute approximate surface area is 199 Å². The summed E-state index contributed by atoms with van der Waals surface area (Å²) in [6, 6.07) is 13.8. The molecule has 0 fully saturated rings. The second-order valence-corrected chi connectivity index (χ2v) is 7.51. The number of nitrogens with zero attached hydrogens (tertiary/aromatic N) is 2. The van der Waals surface area contributed by atoms with E-state index in [0.717, 1.165) is 14.7 Å². The molecule has 0 atom stereocenters. The highest BCUT2D eigenvalue weighted by Gasteiger charge is 2.25. The fourth-order valence-electron chi connectivity index (χ4n) is 3.55. The first-order valence-electron chi connectivity index (χ1n) is 10.6. The van der Waals surface area contributed by atoms with Gasteiger partial charge in [0.05, 0.1) is 20.8 Å². The van der Waals surface area contributed by atoms with Gasteiger partial charge in [-0.2, -0.15) is 0 Å². The molecule has 35 heavy (non-hydrogen) atoms. The average Bonchev–Trinajstić information content (AvgIpc) is 2.85. The van der Waals surface area contributed by atoms with E-state index in [1.807, 2.05) is 0 Å². The molecule has 11 heteroatoms. The quantitative estimate of drug-likeness (QED) is 0.384. The van der Waals surface area contributed by atoms with Gasteiger partial charge in [-0.15, -0.1) is 0 Å². The molecule has 0 aliphatic carbocycles. The Bertz CT molecular complexity index is 1360. The molecule has 0 aliphatic heterocycles. The third-order valence-corrected chi connectivity index (χ3v) is 5.31. The van der Waals surface area contributed by atoms with Crippen LogP contribution in [-0.2, 0) is 24.3 Å². The number of nitrogens with one attached hydrogen (secondary N) is 1. The molecule has 11 nitrogen and oxygen atoms in total. The number of carboxylic acid groups (broad SMARTS) is 1. The van der Waals surface area contributed by atoms with Crippen LogP contribution >= 0.6 is 0 Å². The molecule has 1 aromatic heterocycles. The van der Waals surface area contributed by atoms with Gasteiger partial charge in [-0.1, -0.05) is 30.3 Å². The van der Waals surface area contributed by atoms with E-state index < -0.39 is 41.1 Å². The van der Waals surface area contributed by atoms with E-state index in [4.69, 9.17) is 14.6 Å². The number of carbonyl (C=O) groups excluding carboxylic acids is 1. The van der Waals surface area contributed by atoms with Gasteiger partial charge in [0.2, 0.25) is 5.88 Å². The number of hydrogen-bond acceptors (Lipinski definition) is 7. The molecule has 0 saturated carbocycles. The average molecular weight is 483 g/mol. The number of aliphatic carboxylic acids is 1. The summed E-state index contributed by atoms with van der Waals surface area (Å²) in [6.45, 7) is -1.07. The predicted molar refractivity (Wildman–Crippen MR) is 125 cm³/mol. The van der Waals surface area contributed by atoms with Gasteiger partial charge in [-0.05, 0) is 30.2 Å². The fourth-order valence-corrected chi connectivity index (χ4v) is 3.55. The maximum atomic E-state index is 13.3. The molecule has 0 bridgehead atoms. The zero-order chi connectivity index (χ0) is 25.5. The Morgan fingerprint density at radius 2 is 1.74 bits per heavy atom. The van der Waals surface area contributed by atoms with Crippen LogP contribution in [0, 0.1) is 0 Å². The van der Waals surface area contributed by atoms with Crippen molar-refractivity contribution in [3.05, 3.63) is 86.1 Å². The number of amides is 1. The van der Waals surface area contributed by atoms with Crippen molar-refractivity contribution in [3.63, 3.8) is 0 Å². The lowest BCUT2D eigenvalue weighted by atomic mass is 10.1. The van der Waals surface area contributed by atoms with Gasteiger partial charge in [-0.3, -0.25) is 23.5 Å². The summed E-state index contributed by atoms with van der Waals surface area (Å²) < 4.78 is 12.2. The lowest BCUT2D eigenvalue weighted by molar-refractivity contribution is -0.135. The van der Waals surface area contributed by atoms with Gasteiger partial charge in [0.15, 0.2) is 5.56 Å². The van der Waals surface area contributed by atoms with Crippen LogP contribution in [-0.4, -0.2) is 52.0 Å². The summed E-state index contributed by atoms with van der Waals surface area (Å²) in [6.07, 6.45) is 0.272. The van der Waals surface area contributed by atoms with Gasteiger partial charge in [0.1, 0.15) is 18.0 Å². The minimum atomic E-state index is -1.33. The van der Waals surface area contributed by atoms with Crippen molar-refractivity contribution in [2.24, 2.45) is 0 Å². The van der Waals surface area contributed by atoms with Crippen LogP contribution in [0.15, 0.2) is 58.1 Å². The highest BCUT2D eigenvalue weighted by atomic mass is 16.5. The molecule has 3 aromatic rings. The van der Waals surface area contributed by atoms with Crippen molar-refractivity contribution >= 4 is 11.9 Å². The van der Waals surface area contributed by atoms with E-state index in [-0.39, 0.29) is 19.5 Å². The van der Waals surface area contributed by atoms with Crippen molar-refractivity contribution in [2.75, 3.05) is 20.8 Å². The van der Waals surface area contributed by atoms with E-state index in [1.165, 1.54) is 14.2 Å². The number of benzene rings is 2. The molecule has 0 radical (unpaired) electrons. The molecule has 1 heterocycles. The van der Waals surface area contributed by atoms with Gasteiger partial charge in [0.25, 0.3) is 11.5 Å². The van der Waals surface area contributed by atoms with Crippen LogP contribution < -0.4 is 26.0 Å². The molecular weight excluding hydrogens is 458 g/mol. The first kappa shape index (κ1) is 25.1. The van der Waals surface area contributed by atoms with Gasteiger partial charge in [0, 0.05) is 12.1 Å². The zero-order valence-corrected chi connectivity index (χ0v) is 19.2. The lowest BCUT2D eigenvalue weighted by Gasteiger charge is -2.16. The maximum Gasteiger partial charge on any atom is 0.334 e. The van der Waals surface area contributed by atoms with Gasteiger partial charge >= 0.3 is 11.7 Å². The summed E-state index contributed by atoms with van der Waals surface area (Å²) >= 11 is 0. The van der Waals surface area contributed by atoms with E-state index in [0.29, 0.717) is 17.1 Å². The van der Waals surface area contributed by atoms with Crippen molar-refractivity contribution < 1.29 is 29.3 Å². The Hall–Kier alpha value is -4.54. The van der Waals surface area contributed by atoms with E-state index in [1.54, 1.807) is 48.5 Å². The number of ether oxygens (including phenoxy) is 2. The second-order valence-electron chi connectivity index (χ2n) is 7.51. The highest BCUT2D eigenvalue weighted by Crippen LogP contribution is 2.19. The first-order chi connectivity index (χ1) is 16.8. The largest absolute Gasteiger partial charge is 0.497 e. The summed E-state index contributed by atoms with van der Waals surface area (Å²) in [5.41, 5.74) is -1.34. The Morgan fingerprint density at radius 3 is 2.43 bits per heavy atom. The maximum absolute atomic E-state index is 13.3. The van der Waals surface area contributed by atoms with Gasteiger partial charge in [-0.25, -0.2) is 4.79 Å². The molecule has 3 N–H and O–H groups in total. The van der Waals surface area contributed by atoms with Crippen LogP contribution in [0.2, 0.25) is 0 Å². The number of para-hydroxylation sites is 1. The Balaban J connectivity index is 2.10. The van der Waals surface area contributed by atoms with Crippen molar-refractivity contribution in [3.8, 4) is 17.4 Å². The van der Waals surface area contributed by atoms with E-state index in [2.05, 4.69) is 5.32 Å². The summed E-state index contributed by atoms with van der Waals surface area (Å²) in [5, 5.41) is 21.7. The van der Waals surface area contributed by atoms with Crippen LogP contribution in [0.25, 0.3) is 0 Å². The van der Waals surface area contributed by atoms with Crippen LogP contribution in [0.3, 0.4) is 0 Å². The van der Waals surface area contributed by atoms with Crippen molar-refractivity contribution in [2.45, 2.75) is 19.5 Å². The number of carbonyl (C=O) groups is 2. The highest BCUT2D eigenvalue weighted by molar-refractivity contribution is 5.97. The van der Waals surface area contributed by atoms with Crippen LogP contribution in [0.4, 0.5) is 0 Å². The second kappa shape index (κ2) is 11.1. The lowest BCUT2D eigenvalue weighted by Crippen LogP contribution is -2.45. The number of carboxylic acids is 1. The van der Waals surface area contributed by atoms with Crippen molar-refractivity contribution in [1.29, 1.82) is 0 Å². The van der Waals surface area contributed by atoms with E-state index in [9.17, 15) is 24.3 Å². The number of rotatable bonds is 10.